The van der Waals surface area contributed by atoms with Crippen LogP contribution in [0.15, 0.2) is 30.7 Å². The number of carbonyl (C=O) groups is 1. The summed E-state index contributed by atoms with van der Waals surface area (Å²) in [6, 6.07) is 3.62. The van der Waals surface area contributed by atoms with E-state index in [1.807, 2.05) is 44.5 Å². The molecule has 2 aromatic rings. The predicted octanol–water partition coefficient (Wildman–Crippen LogP) is 1.90. The summed E-state index contributed by atoms with van der Waals surface area (Å²) in [5.41, 5.74) is 0.565. The van der Waals surface area contributed by atoms with Gasteiger partial charge in [0.05, 0.1) is 12.2 Å². The second-order valence-electron chi connectivity index (χ2n) is 5.87. The van der Waals surface area contributed by atoms with Crippen LogP contribution in [-0.2, 0) is 4.79 Å². The average Bonchev–Trinajstić information content (AvgIpc) is 2.82. The van der Waals surface area contributed by atoms with E-state index in [1.54, 1.807) is 18.5 Å². The number of hydrogen-bond acceptors (Lipinski definition) is 4. The van der Waals surface area contributed by atoms with E-state index >= 15 is 0 Å². The van der Waals surface area contributed by atoms with Crippen molar-refractivity contribution >= 4 is 11.6 Å². The molecule has 0 aliphatic carbocycles. The van der Waals surface area contributed by atoms with Crippen LogP contribution in [0, 0.1) is 6.92 Å². The molecule has 0 fully saturated rings. The first-order valence-corrected chi connectivity index (χ1v) is 6.87. The molecular formula is C15H21N5O. The minimum Gasteiger partial charge on any atom is -0.322 e. The predicted molar refractivity (Wildman–Crippen MR) is 82.5 cm³/mol. The molecule has 6 nitrogen and oxygen atoms in total. The second-order valence-corrected chi connectivity index (χ2v) is 5.87. The smallest absolute Gasteiger partial charge is 0.238 e. The number of rotatable bonds is 4. The molecule has 0 radical (unpaired) electrons. The van der Waals surface area contributed by atoms with Gasteiger partial charge in [-0.25, -0.2) is 9.97 Å². The Bertz CT molecular complexity index is 627. The number of imidazole rings is 1. The Kier molecular flexibility index (Phi) is 4.37. The molecule has 0 atom stereocenters. The van der Waals surface area contributed by atoms with Crippen LogP contribution in [0.25, 0.3) is 5.82 Å². The lowest BCUT2D eigenvalue weighted by atomic mass is 10.1. The molecule has 112 valence electrons. The second kappa shape index (κ2) is 6.05. The Hall–Kier alpha value is -2.21. The Morgan fingerprint density at radius 2 is 2.05 bits per heavy atom. The minimum absolute atomic E-state index is 0.100. The van der Waals surface area contributed by atoms with E-state index in [1.165, 1.54) is 0 Å². The molecule has 0 aliphatic rings. The molecule has 0 spiro atoms. The zero-order valence-electron chi connectivity index (χ0n) is 12.8. The number of anilines is 1. The summed E-state index contributed by atoms with van der Waals surface area (Å²) in [7, 11) is 0. The van der Waals surface area contributed by atoms with Crippen molar-refractivity contribution in [2.75, 3.05) is 11.9 Å². The highest BCUT2D eigenvalue weighted by Crippen LogP contribution is 2.18. The van der Waals surface area contributed by atoms with Gasteiger partial charge in [-0.3, -0.25) is 9.36 Å². The first kappa shape index (κ1) is 15.2. The van der Waals surface area contributed by atoms with Crippen molar-refractivity contribution in [1.82, 2.24) is 19.9 Å². The maximum atomic E-state index is 12.0. The lowest BCUT2D eigenvalue weighted by molar-refractivity contribution is -0.115. The number of carbonyl (C=O) groups excluding carboxylic acids is 1. The Morgan fingerprint density at radius 1 is 1.29 bits per heavy atom. The highest BCUT2D eigenvalue weighted by atomic mass is 16.1. The Balaban J connectivity index is 2.14. The Morgan fingerprint density at radius 3 is 2.67 bits per heavy atom. The van der Waals surface area contributed by atoms with Crippen LogP contribution in [0.4, 0.5) is 5.69 Å². The summed E-state index contributed by atoms with van der Waals surface area (Å²) in [4.78, 5) is 20.6. The third-order valence-corrected chi connectivity index (χ3v) is 2.89. The number of aromatic nitrogens is 3. The first-order valence-electron chi connectivity index (χ1n) is 6.87. The highest BCUT2D eigenvalue weighted by molar-refractivity contribution is 5.93. The fraction of sp³-hybridized carbons (Fsp3) is 0.400. The summed E-state index contributed by atoms with van der Waals surface area (Å²) in [6.45, 7) is 8.20. The molecule has 2 rings (SSSR count). The largest absolute Gasteiger partial charge is 0.322 e. The molecule has 0 aliphatic heterocycles. The van der Waals surface area contributed by atoms with Crippen LogP contribution in [-0.4, -0.2) is 32.5 Å². The molecule has 0 bridgehead atoms. The van der Waals surface area contributed by atoms with Gasteiger partial charge in [-0.05, 0) is 39.8 Å². The van der Waals surface area contributed by atoms with Crippen LogP contribution in [0.2, 0.25) is 0 Å². The lowest BCUT2D eigenvalue weighted by Gasteiger charge is -2.20. The fourth-order valence-corrected chi connectivity index (χ4v) is 1.83. The van der Waals surface area contributed by atoms with E-state index in [4.69, 9.17) is 0 Å². The molecule has 2 aromatic heterocycles. The lowest BCUT2D eigenvalue weighted by Crippen LogP contribution is -2.41. The summed E-state index contributed by atoms with van der Waals surface area (Å²) >= 11 is 0. The van der Waals surface area contributed by atoms with Gasteiger partial charge in [-0.15, -0.1) is 0 Å². The molecule has 2 N–H and O–H groups in total. The molecule has 6 heteroatoms. The Labute approximate surface area is 124 Å². The maximum absolute atomic E-state index is 12.0. The van der Waals surface area contributed by atoms with Crippen molar-refractivity contribution in [3.8, 4) is 5.82 Å². The number of nitrogens with zero attached hydrogens (tertiary/aromatic N) is 3. The molecule has 0 aromatic carbocycles. The molecule has 21 heavy (non-hydrogen) atoms. The van der Waals surface area contributed by atoms with Crippen molar-refractivity contribution in [2.24, 2.45) is 0 Å². The minimum atomic E-state index is -0.101. The van der Waals surface area contributed by atoms with Crippen LogP contribution in [0.3, 0.4) is 0 Å². The first-order chi connectivity index (χ1) is 9.87. The van der Waals surface area contributed by atoms with Gasteiger partial charge in [0.25, 0.3) is 0 Å². The summed E-state index contributed by atoms with van der Waals surface area (Å²) < 4.78 is 1.84. The van der Waals surface area contributed by atoms with Gasteiger partial charge in [0.2, 0.25) is 5.91 Å². The molecule has 2 heterocycles. The standard InChI is InChI=1S/C15H21N5O/c1-11-16-8-9-20(11)14-12(6-5-7-17-14)19-13(21)10-18-15(2,3)4/h5-9,18H,10H2,1-4H3,(H,19,21). The number of nitrogens with one attached hydrogen (secondary N) is 2. The van der Waals surface area contributed by atoms with Crippen molar-refractivity contribution < 1.29 is 4.79 Å². The number of pyridine rings is 1. The van der Waals surface area contributed by atoms with Crippen molar-refractivity contribution in [2.45, 2.75) is 33.2 Å². The highest BCUT2D eigenvalue weighted by Gasteiger charge is 2.14. The zero-order valence-corrected chi connectivity index (χ0v) is 12.8. The van der Waals surface area contributed by atoms with Gasteiger partial charge in [-0.1, -0.05) is 0 Å². The number of aryl methyl sites for hydroxylation is 1. The molecule has 1 amide bonds. The van der Waals surface area contributed by atoms with Crippen LogP contribution < -0.4 is 10.6 Å². The van der Waals surface area contributed by atoms with Gasteiger partial charge >= 0.3 is 0 Å². The van der Waals surface area contributed by atoms with Crippen molar-refractivity contribution in [3.63, 3.8) is 0 Å². The van der Waals surface area contributed by atoms with Crippen molar-refractivity contribution in [3.05, 3.63) is 36.5 Å². The van der Waals surface area contributed by atoms with E-state index < -0.39 is 0 Å². The summed E-state index contributed by atoms with van der Waals surface area (Å²) in [5.74, 6) is 1.38. The van der Waals surface area contributed by atoms with E-state index in [0.717, 1.165) is 5.82 Å². The summed E-state index contributed by atoms with van der Waals surface area (Å²) in [5, 5.41) is 6.04. The van der Waals surface area contributed by atoms with Gasteiger partial charge in [-0.2, -0.15) is 0 Å². The maximum Gasteiger partial charge on any atom is 0.238 e. The van der Waals surface area contributed by atoms with E-state index in [2.05, 4.69) is 20.6 Å². The number of amides is 1. The van der Waals surface area contributed by atoms with E-state index in [9.17, 15) is 4.79 Å². The van der Waals surface area contributed by atoms with Crippen LogP contribution >= 0.6 is 0 Å². The van der Waals surface area contributed by atoms with Gasteiger partial charge in [0.15, 0.2) is 5.82 Å². The quantitative estimate of drug-likeness (QED) is 0.901. The monoisotopic (exact) mass is 287 g/mol. The normalized spacial score (nSPS) is 11.4. The van der Waals surface area contributed by atoms with Gasteiger partial charge in [0, 0.05) is 24.1 Å². The zero-order chi connectivity index (χ0) is 15.5. The van der Waals surface area contributed by atoms with Crippen LogP contribution in [0.1, 0.15) is 26.6 Å². The topological polar surface area (TPSA) is 71.8 Å². The molecule has 0 saturated carbocycles. The van der Waals surface area contributed by atoms with Crippen molar-refractivity contribution in [1.29, 1.82) is 0 Å². The molecule has 0 unspecified atom stereocenters. The van der Waals surface area contributed by atoms with E-state index in [0.29, 0.717) is 11.5 Å². The van der Waals surface area contributed by atoms with Gasteiger partial charge in [0.1, 0.15) is 5.82 Å². The summed E-state index contributed by atoms with van der Waals surface area (Å²) in [6.07, 6.45) is 5.22. The van der Waals surface area contributed by atoms with Gasteiger partial charge < -0.3 is 10.6 Å². The molecular weight excluding hydrogens is 266 g/mol. The third-order valence-electron chi connectivity index (χ3n) is 2.89. The SMILES string of the molecule is Cc1nccn1-c1ncccc1NC(=O)CNC(C)(C)C. The number of hydrogen-bond donors (Lipinski definition) is 2. The average molecular weight is 287 g/mol. The van der Waals surface area contributed by atoms with E-state index in [-0.39, 0.29) is 18.0 Å². The third kappa shape index (κ3) is 4.13. The molecule has 0 saturated heterocycles. The fourth-order valence-electron chi connectivity index (χ4n) is 1.83. The van der Waals surface area contributed by atoms with Crippen LogP contribution in [0.5, 0.6) is 0 Å².